The van der Waals surface area contributed by atoms with Gasteiger partial charge in [-0.2, -0.15) is 8.42 Å². The van der Waals surface area contributed by atoms with E-state index < -0.39 is 10.1 Å². The van der Waals surface area contributed by atoms with Crippen LogP contribution in [0.4, 0.5) is 0 Å². The molecule has 1 fully saturated rings. The fourth-order valence-corrected chi connectivity index (χ4v) is 3.14. The molecule has 24 heavy (non-hydrogen) atoms. The van der Waals surface area contributed by atoms with Gasteiger partial charge in [0.05, 0.1) is 5.75 Å². The smallest absolute Gasteiger partial charge is 0.308 e. The standard InChI is InChI=1S/C18H27NO4S/c1-4-14(3)19(18(20)16-7-6-8-16)13-15-9-11-17(12-10-15)23-24(21,22)5-2/h9-12,14,16H,4-8,13H2,1-3H3. The Labute approximate surface area is 145 Å². The van der Waals surface area contributed by atoms with Crippen LogP contribution >= 0.6 is 0 Å². The molecule has 1 aromatic carbocycles. The van der Waals surface area contributed by atoms with Crippen LogP contribution in [0.1, 0.15) is 52.0 Å². The summed E-state index contributed by atoms with van der Waals surface area (Å²) in [5, 5.41) is 0. The van der Waals surface area contributed by atoms with E-state index in [2.05, 4.69) is 13.8 Å². The first-order valence-electron chi connectivity index (χ1n) is 8.67. The Morgan fingerprint density at radius 2 is 1.88 bits per heavy atom. The molecule has 0 aromatic heterocycles. The zero-order chi connectivity index (χ0) is 17.7. The van der Waals surface area contributed by atoms with Crippen LogP contribution in [-0.2, 0) is 21.5 Å². The second-order valence-electron chi connectivity index (χ2n) is 6.42. The molecule has 0 heterocycles. The van der Waals surface area contributed by atoms with E-state index >= 15 is 0 Å². The number of hydrogen-bond donors (Lipinski definition) is 0. The van der Waals surface area contributed by atoms with Crippen LogP contribution in [0.25, 0.3) is 0 Å². The first-order chi connectivity index (χ1) is 11.4. The molecule has 1 unspecified atom stereocenters. The Morgan fingerprint density at radius 1 is 1.25 bits per heavy atom. The molecular weight excluding hydrogens is 326 g/mol. The lowest BCUT2D eigenvalue weighted by Crippen LogP contribution is -2.43. The highest BCUT2D eigenvalue weighted by Gasteiger charge is 2.31. The maximum Gasteiger partial charge on any atom is 0.308 e. The normalized spacial score (nSPS) is 16.3. The maximum atomic E-state index is 12.6. The summed E-state index contributed by atoms with van der Waals surface area (Å²) >= 11 is 0. The van der Waals surface area contributed by atoms with Crippen molar-refractivity contribution >= 4 is 16.0 Å². The van der Waals surface area contributed by atoms with Crippen molar-refractivity contribution in [1.82, 2.24) is 4.90 Å². The molecule has 0 radical (unpaired) electrons. The molecule has 0 saturated heterocycles. The van der Waals surface area contributed by atoms with Gasteiger partial charge in [0.2, 0.25) is 5.91 Å². The third-order valence-electron chi connectivity index (χ3n) is 4.71. The van der Waals surface area contributed by atoms with Crippen LogP contribution in [0.2, 0.25) is 0 Å². The third kappa shape index (κ3) is 4.72. The van der Waals surface area contributed by atoms with Crippen LogP contribution in [0.15, 0.2) is 24.3 Å². The predicted octanol–water partition coefficient (Wildman–Crippen LogP) is 3.34. The Kier molecular flexibility index (Phi) is 6.27. The first-order valence-corrected chi connectivity index (χ1v) is 10.3. The molecule has 1 amide bonds. The van der Waals surface area contributed by atoms with Crippen LogP contribution < -0.4 is 4.18 Å². The number of hydrogen-bond acceptors (Lipinski definition) is 4. The molecule has 0 N–H and O–H groups in total. The lowest BCUT2D eigenvalue weighted by Gasteiger charge is -2.35. The van der Waals surface area contributed by atoms with E-state index in [-0.39, 0.29) is 23.6 Å². The number of benzene rings is 1. The molecule has 1 aliphatic rings. The van der Waals surface area contributed by atoms with Crippen molar-refractivity contribution in [1.29, 1.82) is 0 Å². The average Bonchev–Trinajstić information content (AvgIpc) is 2.51. The van der Waals surface area contributed by atoms with Crippen molar-refractivity contribution in [3.8, 4) is 5.75 Å². The van der Waals surface area contributed by atoms with E-state index in [0.717, 1.165) is 31.2 Å². The number of carbonyl (C=O) groups excluding carboxylic acids is 1. The summed E-state index contributed by atoms with van der Waals surface area (Å²) in [6.07, 6.45) is 4.04. The van der Waals surface area contributed by atoms with Crippen molar-refractivity contribution in [3.05, 3.63) is 29.8 Å². The fourth-order valence-electron chi connectivity index (χ4n) is 2.61. The second-order valence-corrected chi connectivity index (χ2v) is 8.28. The van der Waals surface area contributed by atoms with Gasteiger partial charge in [0, 0.05) is 18.5 Å². The summed E-state index contributed by atoms with van der Waals surface area (Å²) in [5.74, 6) is 0.661. The highest BCUT2D eigenvalue weighted by molar-refractivity contribution is 7.87. The molecule has 0 spiro atoms. The molecule has 6 heteroatoms. The number of amides is 1. The summed E-state index contributed by atoms with van der Waals surface area (Å²) in [4.78, 5) is 14.6. The van der Waals surface area contributed by atoms with Crippen LogP contribution in [0.5, 0.6) is 5.75 Å². The topological polar surface area (TPSA) is 63.7 Å². The van der Waals surface area contributed by atoms with Gasteiger partial charge in [-0.15, -0.1) is 0 Å². The summed E-state index contributed by atoms with van der Waals surface area (Å²) in [6, 6.07) is 7.12. The molecule has 1 atom stereocenters. The van der Waals surface area contributed by atoms with E-state index in [4.69, 9.17) is 4.18 Å². The van der Waals surface area contributed by atoms with Gasteiger partial charge in [-0.05, 0) is 50.8 Å². The minimum absolute atomic E-state index is 0.0631. The minimum atomic E-state index is -3.51. The molecule has 5 nitrogen and oxygen atoms in total. The largest absolute Gasteiger partial charge is 0.382 e. The number of rotatable bonds is 8. The van der Waals surface area contributed by atoms with Crippen LogP contribution in [0, 0.1) is 5.92 Å². The first kappa shape index (κ1) is 18.8. The third-order valence-corrected chi connectivity index (χ3v) is 5.87. The van der Waals surface area contributed by atoms with E-state index in [9.17, 15) is 13.2 Å². The maximum absolute atomic E-state index is 12.6. The Hall–Kier alpha value is -1.56. The van der Waals surface area contributed by atoms with E-state index in [1.54, 1.807) is 19.1 Å². The van der Waals surface area contributed by atoms with Gasteiger partial charge in [-0.1, -0.05) is 25.5 Å². The molecule has 2 rings (SSSR count). The van der Waals surface area contributed by atoms with Gasteiger partial charge >= 0.3 is 10.1 Å². The lowest BCUT2D eigenvalue weighted by molar-refractivity contribution is -0.141. The fraction of sp³-hybridized carbons (Fsp3) is 0.611. The van der Waals surface area contributed by atoms with Crippen molar-refractivity contribution in [3.63, 3.8) is 0 Å². The van der Waals surface area contributed by atoms with Gasteiger partial charge in [-0.25, -0.2) is 0 Å². The quantitative estimate of drug-likeness (QED) is 0.672. The van der Waals surface area contributed by atoms with Crippen molar-refractivity contribution in [2.45, 2.75) is 59.0 Å². The van der Waals surface area contributed by atoms with Gasteiger partial charge in [-0.3, -0.25) is 4.79 Å². The summed E-state index contributed by atoms with van der Waals surface area (Å²) in [5.41, 5.74) is 0.976. The average molecular weight is 353 g/mol. The Balaban J connectivity index is 2.07. The summed E-state index contributed by atoms with van der Waals surface area (Å²) < 4.78 is 28.0. The summed E-state index contributed by atoms with van der Waals surface area (Å²) in [6.45, 7) is 6.24. The molecule has 1 saturated carbocycles. The molecule has 0 bridgehead atoms. The van der Waals surface area contributed by atoms with Gasteiger partial charge in [0.25, 0.3) is 0 Å². The van der Waals surface area contributed by atoms with Crippen LogP contribution in [0.3, 0.4) is 0 Å². The van der Waals surface area contributed by atoms with Gasteiger partial charge in [0.1, 0.15) is 5.75 Å². The molecule has 0 aliphatic heterocycles. The van der Waals surface area contributed by atoms with E-state index in [0.29, 0.717) is 12.3 Å². The van der Waals surface area contributed by atoms with Crippen molar-refractivity contribution < 1.29 is 17.4 Å². The minimum Gasteiger partial charge on any atom is -0.382 e. The summed E-state index contributed by atoms with van der Waals surface area (Å²) in [7, 11) is -3.51. The predicted molar refractivity (Wildman–Crippen MR) is 94.2 cm³/mol. The monoisotopic (exact) mass is 353 g/mol. The van der Waals surface area contributed by atoms with Gasteiger partial charge < -0.3 is 9.08 Å². The molecule has 134 valence electrons. The Morgan fingerprint density at radius 3 is 2.33 bits per heavy atom. The second kappa shape index (κ2) is 8.01. The zero-order valence-electron chi connectivity index (χ0n) is 14.7. The molecule has 1 aromatic rings. The van der Waals surface area contributed by atoms with Crippen molar-refractivity contribution in [2.24, 2.45) is 5.92 Å². The highest BCUT2D eigenvalue weighted by atomic mass is 32.2. The van der Waals surface area contributed by atoms with Crippen LogP contribution in [-0.4, -0.2) is 31.0 Å². The SMILES string of the molecule is CCC(C)N(Cc1ccc(OS(=O)(=O)CC)cc1)C(=O)C1CCC1. The zero-order valence-corrected chi connectivity index (χ0v) is 15.5. The Bertz CT molecular complexity index is 650. The lowest BCUT2D eigenvalue weighted by atomic mass is 9.84. The molecular formula is C18H27NO4S. The van der Waals surface area contributed by atoms with Gasteiger partial charge in [0.15, 0.2) is 0 Å². The molecule has 1 aliphatic carbocycles. The van der Waals surface area contributed by atoms with Crippen molar-refractivity contribution in [2.75, 3.05) is 5.75 Å². The van der Waals surface area contributed by atoms with E-state index in [1.165, 1.54) is 0 Å². The highest BCUT2D eigenvalue weighted by Crippen LogP contribution is 2.30. The number of nitrogens with zero attached hydrogens (tertiary/aromatic N) is 1. The van der Waals surface area contributed by atoms with E-state index in [1.807, 2.05) is 17.0 Å². The number of carbonyl (C=O) groups is 1.